The molecule has 0 aliphatic heterocycles. The Balaban J connectivity index is 2.91. The minimum absolute atomic E-state index is 0.00243. The molecule has 104 valence electrons. The van der Waals surface area contributed by atoms with Crippen molar-refractivity contribution in [2.24, 2.45) is 5.11 Å². The van der Waals surface area contributed by atoms with Gasteiger partial charge in [-0.2, -0.15) is 0 Å². The monoisotopic (exact) mass is 270 g/mol. The largest absolute Gasteiger partial charge is 0.495 e. The lowest BCUT2D eigenvalue weighted by Crippen LogP contribution is -2.20. The Morgan fingerprint density at radius 1 is 1.53 bits per heavy atom. The zero-order chi connectivity index (χ0) is 14.4. The number of hydrogen-bond donors (Lipinski definition) is 3. The number of aliphatic hydroxyl groups is 2. The molecule has 0 amide bonds. The normalized spacial score (nSPS) is 13.5. The molecule has 0 heterocycles. The second kappa shape index (κ2) is 6.79. The summed E-state index contributed by atoms with van der Waals surface area (Å²) in [5.41, 5.74) is 13.6. The van der Waals surface area contributed by atoms with Crippen LogP contribution in [0, 0.1) is 5.82 Å². The second-order valence-electron chi connectivity index (χ2n) is 3.87. The first kappa shape index (κ1) is 15.0. The zero-order valence-electron chi connectivity index (χ0n) is 10.3. The van der Waals surface area contributed by atoms with Crippen LogP contribution < -0.4 is 10.5 Å². The van der Waals surface area contributed by atoms with Gasteiger partial charge in [-0.1, -0.05) is 5.11 Å². The highest BCUT2D eigenvalue weighted by molar-refractivity contribution is 5.54. The highest BCUT2D eigenvalue weighted by atomic mass is 19.1. The summed E-state index contributed by atoms with van der Waals surface area (Å²) in [6.45, 7) is 0.00243. The van der Waals surface area contributed by atoms with Crippen LogP contribution in [0.15, 0.2) is 17.2 Å². The van der Waals surface area contributed by atoms with Crippen LogP contribution in [-0.2, 0) is 0 Å². The average molecular weight is 270 g/mol. The van der Waals surface area contributed by atoms with Crippen LogP contribution in [0.25, 0.3) is 10.4 Å². The van der Waals surface area contributed by atoms with Crippen LogP contribution in [0.2, 0.25) is 0 Å². The van der Waals surface area contributed by atoms with Crippen molar-refractivity contribution in [3.8, 4) is 5.75 Å². The maximum absolute atomic E-state index is 13.7. The lowest BCUT2D eigenvalue weighted by atomic mass is 10.0. The standard InChI is InChI=1S/C11H15FN4O3/c1-19-10-4-6(7(12)5-8(10)13)11(18)9(17)2-3-15-16-14/h4-5,9,11,17-18H,2-3,13H2,1H3. The van der Waals surface area contributed by atoms with Crippen LogP contribution in [0.1, 0.15) is 18.1 Å². The summed E-state index contributed by atoms with van der Waals surface area (Å²) in [4.78, 5) is 2.52. The number of nitrogens with two attached hydrogens (primary N) is 1. The fourth-order valence-corrected chi connectivity index (χ4v) is 1.59. The van der Waals surface area contributed by atoms with Crippen molar-refractivity contribution in [1.82, 2.24) is 0 Å². The van der Waals surface area contributed by atoms with Crippen LogP contribution in [0.4, 0.5) is 10.1 Å². The Bertz CT molecular complexity index is 491. The summed E-state index contributed by atoms with van der Waals surface area (Å²) in [6, 6.07) is 2.24. The number of aliphatic hydroxyl groups excluding tert-OH is 2. The van der Waals surface area contributed by atoms with Gasteiger partial charge in [0.05, 0.1) is 18.9 Å². The molecular formula is C11H15FN4O3. The van der Waals surface area contributed by atoms with E-state index < -0.39 is 18.0 Å². The van der Waals surface area contributed by atoms with Crippen LogP contribution in [0.3, 0.4) is 0 Å². The zero-order valence-corrected chi connectivity index (χ0v) is 10.3. The number of halogens is 1. The molecule has 0 aromatic heterocycles. The Morgan fingerprint density at radius 2 is 2.21 bits per heavy atom. The predicted molar refractivity (Wildman–Crippen MR) is 67.0 cm³/mol. The third-order valence-electron chi connectivity index (χ3n) is 2.62. The van der Waals surface area contributed by atoms with Gasteiger partial charge in [-0.25, -0.2) is 4.39 Å². The molecule has 4 N–H and O–H groups in total. The number of methoxy groups -OCH3 is 1. The molecular weight excluding hydrogens is 255 g/mol. The molecule has 1 rings (SSSR count). The first-order valence-electron chi connectivity index (χ1n) is 5.51. The van der Waals surface area contributed by atoms with Crippen molar-refractivity contribution < 1.29 is 19.3 Å². The molecule has 8 heteroatoms. The van der Waals surface area contributed by atoms with E-state index in [1.807, 2.05) is 0 Å². The minimum Gasteiger partial charge on any atom is -0.495 e. The van der Waals surface area contributed by atoms with E-state index in [9.17, 15) is 14.6 Å². The fraction of sp³-hybridized carbons (Fsp3) is 0.455. The van der Waals surface area contributed by atoms with E-state index in [2.05, 4.69) is 10.0 Å². The molecule has 1 aromatic carbocycles. The minimum atomic E-state index is -1.46. The van der Waals surface area contributed by atoms with Gasteiger partial charge in [0, 0.05) is 23.1 Å². The first-order valence-corrected chi connectivity index (χ1v) is 5.51. The first-order chi connectivity index (χ1) is 9.01. The number of rotatable bonds is 6. The van der Waals surface area contributed by atoms with E-state index in [1.54, 1.807) is 0 Å². The van der Waals surface area contributed by atoms with E-state index in [-0.39, 0.29) is 30.0 Å². The molecule has 2 atom stereocenters. The number of nitrogens with zero attached hydrogens (tertiary/aromatic N) is 3. The molecule has 1 aromatic rings. The summed E-state index contributed by atoms with van der Waals surface area (Å²) >= 11 is 0. The number of azide groups is 1. The van der Waals surface area contributed by atoms with Gasteiger partial charge in [-0.15, -0.1) is 0 Å². The number of anilines is 1. The number of nitrogen functional groups attached to an aromatic ring is 1. The Hall–Kier alpha value is -2.02. The summed E-state index contributed by atoms with van der Waals surface area (Å²) in [5.74, 6) is -0.536. The van der Waals surface area contributed by atoms with Crippen molar-refractivity contribution in [1.29, 1.82) is 0 Å². The van der Waals surface area contributed by atoms with Gasteiger partial charge < -0.3 is 20.7 Å². The smallest absolute Gasteiger partial charge is 0.142 e. The van der Waals surface area contributed by atoms with Gasteiger partial charge in [0.25, 0.3) is 0 Å². The van der Waals surface area contributed by atoms with Crippen LogP contribution >= 0.6 is 0 Å². The fourth-order valence-electron chi connectivity index (χ4n) is 1.59. The average Bonchev–Trinajstić information content (AvgIpc) is 2.38. The summed E-state index contributed by atoms with van der Waals surface area (Å²) in [7, 11) is 1.36. The van der Waals surface area contributed by atoms with E-state index in [0.29, 0.717) is 0 Å². The maximum Gasteiger partial charge on any atom is 0.142 e. The molecule has 0 radical (unpaired) electrons. The molecule has 2 unspecified atom stereocenters. The Morgan fingerprint density at radius 3 is 2.79 bits per heavy atom. The highest BCUT2D eigenvalue weighted by Crippen LogP contribution is 2.30. The molecule has 0 bridgehead atoms. The van der Waals surface area contributed by atoms with Crippen molar-refractivity contribution >= 4 is 5.69 Å². The summed E-state index contributed by atoms with van der Waals surface area (Å²) in [6.07, 6.45) is -2.70. The van der Waals surface area contributed by atoms with Gasteiger partial charge in [-0.05, 0) is 18.0 Å². The molecule has 0 saturated carbocycles. The van der Waals surface area contributed by atoms with Crippen molar-refractivity contribution in [3.05, 3.63) is 34.0 Å². The van der Waals surface area contributed by atoms with E-state index in [0.717, 1.165) is 6.07 Å². The molecule has 0 fully saturated rings. The topological polar surface area (TPSA) is 124 Å². The predicted octanol–water partition coefficient (Wildman–Crippen LogP) is 1.51. The Labute approximate surface area is 109 Å². The summed E-state index contributed by atoms with van der Waals surface area (Å²) < 4.78 is 18.6. The highest BCUT2D eigenvalue weighted by Gasteiger charge is 2.22. The quantitative estimate of drug-likeness (QED) is 0.313. The van der Waals surface area contributed by atoms with Gasteiger partial charge in [-0.3, -0.25) is 0 Å². The lowest BCUT2D eigenvalue weighted by Gasteiger charge is -2.19. The second-order valence-corrected chi connectivity index (χ2v) is 3.87. The molecule has 7 nitrogen and oxygen atoms in total. The number of hydrogen-bond acceptors (Lipinski definition) is 5. The number of ether oxygens (including phenoxy) is 1. The van der Waals surface area contributed by atoms with Gasteiger partial charge in [0.15, 0.2) is 0 Å². The van der Waals surface area contributed by atoms with Crippen LogP contribution in [-0.4, -0.2) is 30.0 Å². The van der Waals surface area contributed by atoms with Crippen LogP contribution in [0.5, 0.6) is 5.75 Å². The maximum atomic E-state index is 13.7. The van der Waals surface area contributed by atoms with Gasteiger partial charge in [0.2, 0.25) is 0 Å². The van der Waals surface area contributed by atoms with E-state index in [4.69, 9.17) is 16.0 Å². The van der Waals surface area contributed by atoms with Gasteiger partial charge in [0.1, 0.15) is 17.7 Å². The molecule has 0 aliphatic rings. The molecule has 0 spiro atoms. The SMILES string of the molecule is COc1cc(C(O)C(O)CCN=[N+]=[N-])c(F)cc1N. The lowest BCUT2D eigenvalue weighted by molar-refractivity contribution is 0.0129. The van der Waals surface area contributed by atoms with Crippen molar-refractivity contribution in [2.75, 3.05) is 19.4 Å². The Kier molecular flexibility index (Phi) is 5.37. The van der Waals surface area contributed by atoms with E-state index in [1.165, 1.54) is 13.2 Å². The van der Waals surface area contributed by atoms with Crippen molar-refractivity contribution in [3.63, 3.8) is 0 Å². The van der Waals surface area contributed by atoms with E-state index >= 15 is 0 Å². The third kappa shape index (κ3) is 3.72. The molecule has 19 heavy (non-hydrogen) atoms. The molecule has 0 aliphatic carbocycles. The summed E-state index contributed by atoms with van der Waals surface area (Å²) in [5, 5.41) is 22.8. The van der Waals surface area contributed by atoms with Crippen molar-refractivity contribution in [2.45, 2.75) is 18.6 Å². The van der Waals surface area contributed by atoms with Gasteiger partial charge >= 0.3 is 0 Å². The molecule has 0 saturated heterocycles. The third-order valence-corrected chi connectivity index (χ3v) is 2.62. The number of benzene rings is 1.